The van der Waals surface area contributed by atoms with Crippen LogP contribution in [0.1, 0.15) is 15.9 Å². The van der Waals surface area contributed by atoms with E-state index in [4.69, 9.17) is 23.2 Å². The Bertz CT molecular complexity index is 576. The summed E-state index contributed by atoms with van der Waals surface area (Å²) in [5.74, 6) is -0.228. The Morgan fingerprint density at radius 1 is 1.06 bits per heavy atom. The lowest BCUT2D eigenvalue weighted by molar-refractivity contribution is 0.102. The SMILES string of the molecule is Cc1ccccc1NC(=O)c1cc(Cl)cc(Cl)c1. The third-order valence-electron chi connectivity index (χ3n) is 2.52. The zero-order valence-electron chi connectivity index (χ0n) is 9.71. The van der Waals surface area contributed by atoms with Gasteiger partial charge in [0.15, 0.2) is 0 Å². The monoisotopic (exact) mass is 279 g/mol. The lowest BCUT2D eigenvalue weighted by Gasteiger charge is -2.08. The van der Waals surface area contributed by atoms with Gasteiger partial charge in [-0.1, -0.05) is 41.4 Å². The minimum absolute atomic E-state index is 0.228. The Morgan fingerprint density at radius 2 is 1.67 bits per heavy atom. The van der Waals surface area contributed by atoms with Gasteiger partial charge in [0.2, 0.25) is 0 Å². The van der Waals surface area contributed by atoms with Crippen LogP contribution in [0.25, 0.3) is 0 Å². The molecular weight excluding hydrogens is 269 g/mol. The zero-order valence-corrected chi connectivity index (χ0v) is 11.2. The lowest BCUT2D eigenvalue weighted by Crippen LogP contribution is -2.12. The average Bonchev–Trinajstić information content (AvgIpc) is 2.31. The summed E-state index contributed by atoms with van der Waals surface area (Å²) in [6, 6.07) is 12.3. The quantitative estimate of drug-likeness (QED) is 0.858. The summed E-state index contributed by atoms with van der Waals surface area (Å²) in [6.45, 7) is 1.93. The van der Waals surface area contributed by atoms with Crippen molar-refractivity contribution in [3.05, 3.63) is 63.6 Å². The number of para-hydroxylation sites is 1. The normalized spacial score (nSPS) is 10.2. The van der Waals surface area contributed by atoms with Crippen LogP contribution >= 0.6 is 23.2 Å². The van der Waals surface area contributed by atoms with Crippen molar-refractivity contribution in [1.29, 1.82) is 0 Å². The van der Waals surface area contributed by atoms with Crippen LogP contribution < -0.4 is 5.32 Å². The second-order valence-corrected chi connectivity index (χ2v) is 4.80. The molecule has 92 valence electrons. The maximum atomic E-state index is 12.0. The number of hydrogen-bond acceptors (Lipinski definition) is 1. The van der Waals surface area contributed by atoms with Crippen molar-refractivity contribution in [2.45, 2.75) is 6.92 Å². The molecule has 2 rings (SSSR count). The number of carbonyl (C=O) groups excluding carboxylic acids is 1. The molecule has 4 heteroatoms. The highest BCUT2D eigenvalue weighted by molar-refractivity contribution is 6.35. The Balaban J connectivity index is 2.25. The lowest BCUT2D eigenvalue weighted by atomic mass is 10.1. The summed E-state index contributed by atoms with van der Waals surface area (Å²) in [5.41, 5.74) is 2.22. The second-order valence-electron chi connectivity index (χ2n) is 3.93. The van der Waals surface area contributed by atoms with Gasteiger partial charge < -0.3 is 5.32 Å². The van der Waals surface area contributed by atoms with Gasteiger partial charge in [0, 0.05) is 21.3 Å². The number of rotatable bonds is 2. The fraction of sp³-hybridized carbons (Fsp3) is 0.0714. The molecule has 0 saturated carbocycles. The second kappa shape index (κ2) is 5.42. The maximum Gasteiger partial charge on any atom is 0.255 e. The molecule has 2 aromatic carbocycles. The van der Waals surface area contributed by atoms with Gasteiger partial charge in [-0.05, 0) is 36.8 Å². The summed E-state index contributed by atoms with van der Waals surface area (Å²) >= 11 is 11.7. The Morgan fingerprint density at radius 3 is 2.28 bits per heavy atom. The Labute approximate surface area is 116 Å². The van der Waals surface area contributed by atoms with E-state index in [1.54, 1.807) is 18.2 Å². The van der Waals surface area contributed by atoms with Crippen molar-refractivity contribution >= 4 is 34.8 Å². The number of aryl methyl sites for hydroxylation is 1. The third-order valence-corrected chi connectivity index (χ3v) is 2.95. The predicted molar refractivity (Wildman–Crippen MR) is 75.6 cm³/mol. The first-order valence-electron chi connectivity index (χ1n) is 5.39. The number of halogens is 2. The van der Waals surface area contributed by atoms with E-state index in [-0.39, 0.29) is 5.91 Å². The summed E-state index contributed by atoms with van der Waals surface area (Å²) in [4.78, 5) is 12.0. The van der Waals surface area contributed by atoms with Gasteiger partial charge in [-0.25, -0.2) is 0 Å². The van der Waals surface area contributed by atoms with Crippen LogP contribution in [0.3, 0.4) is 0 Å². The van der Waals surface area contributed by atoms with E-state index >= 15 is 0 Å². The number of nitrogens with one attached hydrogen (secondary N) is 1. The molecule has 0 aliphatic rings. The van der Waals surface area contributed by atoms with Gasteiger partial charge in [-0.3, -0.25) is 4.79 Å². The van der Waals surface area contributed by atoms with E-state index in [1.165, 1.54) is 0 Å². The van der Waals surface area contributed by atoms with Gasteiger partial charge >= 0.3 is 0 Å². The molecule has 0 aromatic heterocycles. The fourth-order valence-corrected chi connectivity index (χ4v) is 2.12. The van der Waals surface area contributed by atoms with E-state index in [1.807, 2.05) is 31.2 Å². The van der Waals surface area contributed by atoms with Crippen molar-refractivity contribution in [1.82, 2.24) is 0 Å². The van der Waals surface area contributed by atoms with Crippen LogP contribution in [-0.2, 0) is 0 Å². The van der Waals surface area contributed by atoms with E-state index in [0.717, 1.165) is 11.3 Å². The fourth-order valence-electron chi connectivity index (χ4n) is 1.59. The van der Waals surface area contributed by atoms with Crippen LogP contribution in [0, 0.1) is 6.92 Å². The van der Waals surface area contributed by atoms with Crippen molar-refractivity contribution in [3.8, 4) is 0 Å². The van der Waals surface area contributed by atoms with Crippen LogP contribution in [0.4, 0.5) is 5.69 Å². The highest BCUT2D eigenvalue weighted by atomic mass is 35.5. The highest BCUT2D eigenvalue weighted by Gasteiger charge is 2.09. The Hall–Kier alpha value is -1.51. The minimum Gasteiger partial charge on any atom is -0.322 e. The number of hydrogen-bond donors (Lipinski definition) is 1. The molecule has 1 N–H and O–H groups in total. The van der Waals surface area contributed by atoms with E-state index < -0.39 is 0 Å². The van der Waals surface area contributed by atoms with Crippen LogP contribution in [-0.4, -0.2) is 5.91 Å². The van der Waals surface area contributed by atoms with Gasteiger partial charge in [0.25, 0.3) is 5.91 Å². The van der Waals surface area contributed by atoms with Crippen LogP contribution in [0.2, 0.25) is 10.0 Å². The predicted octanol–water partition coefficient (Wildman–Crippen LogP) is 4.55. The first-order chi connectivity index (χ1) is 8.56. The maximum absolute atomic E-state index is 12.0. The molecule has 0 heterocycles. The average molecular weight is 280 g/mol. The molecule has 0 radical (unpaired) electrons. The number of benzene rings is 2. The summed E-state index contributed by atoms with van der Waals surface area (Å²) < 4.78 is 0. The first kappa shape index (κ1) is 12.9. The van der Waals surface area contributed by atoms with Crippen molar-refractivity contribution in [2.24, 2.45) is 0 Å². The molecule has 0 fully saturated rings. The molecule has 2 nitrogen and oxygen atoms in total. The molecule has 0 aliphatic carbocycles. The largest absolute Gasteiger partial charge is 0.322 e. The molecule has 18 heavy (non-hydrogen) atoms. The molecular formula is C14H11Cl2NO. The van der Waals surface area contributed by atoms with Gasteiger partial charge in [-0.2, -0.15) is 0 Å². The van der Waals surface area contributed by atoms with Crippen molar-refractivity contribution < 1.29 is 4.79 Å². The number of carbonyl (C=O) groups is 1. The molecule has 2 aromatic rings. The van der Waals surface area contributed by atoms with Crippen LogP contribution in [0.5, 0.6) is 0 Å². The minimum atomic E-state index is -0.228. The first-order valence-corrected chi connectivity index (χ1v) is 6.15. The highest BCUT2D eigenvalue weighted by Crippen LogP contribution is 2.21. The van der Waals surface area contributed by atoms with Gasteiger partial charge in [0.05, 0.1) is 0 Å². The summed E-state index contributed by atoms with van der Waals surface area (Å²) in [7, 11) is 0. The third kappa shape index (κ3) is 3.03. The van der Waals surface area contributed by atoms with Gasteiger partial charge in [-0.15, -0.1) is 0 Å². The molecule has 1 amide bonds. The molecule has 0 saturated heterocycles. The standard InChI is InChI=1S/C14H11Cl2NO/c1-9-4-2-3-5-13(9)17-14(18)10-6-11(15)8-12(16)7-10/h2-8H,1H3,(H,17,18). The molecule has 0 spiro atoms. The smallest absolute Gasteiger partial charge is 0.255 e. The van der Waals surface area contributed by atoms with Crippen LogP contribution in [0.15, 0.2) is 42.5 Å². The van der Waals surface area contributed by atoms with Gasteiger partial charge in [0.1, 0.15) is 0 Å². The molecule has 0 atom stereocenters. The summed E-state index contributed by atoms with van der Waals surface area (Å²) in [5, 5.41) is 3.71. The molecule has 0 aliphatic heterocycles. The van der Waals surface area contributed by atoms with E-state index in [0.29, 0.717) is 15.6 Å². The molecule has 0 unspecified atom stereocenters. The Kier molecular flexibility index (Phi) is 3.90. The number of amides is 1. The van der Waals surface area contributed by atoms with Crippen molar-refractivity contribution in [2.75, 3.05) is 5.32 Å². The topological polar surface area (TPSA) is 29.1 Å². The van der Waals surface area contributed by atoms with E-state index in [9.17, 15) is 4.79 Å². The zero-order chi connectivity index (χ0) is 13.1. The molecule has 0 bridgehead atoms. The van der Waals surface area contributed by atoms with Crippen molar-refractivity contribution in [3.63, 3.8) is 0 Å². The van der Waals surface area contributed by atoms with E-state index in [2.05, 4.69) is 5.32 Å². The summed E-state index contributed by atoms with van der Waals surface area (Å²) in [6.07, 6.45) is 0. The number of anilines is 1.